The zero-order valence-electron chi connectivity index (χ0n) is 11.0. The lowest BCUT2D eigenvalue weighted by Crippen LogP contribution is -2.00. The Bertz CT molecular complexity index is 945. The molecule has 3 heterocycles. The first-order chi connectivity index (χ1) is 10.7. The highest BCUT2D eigenvalue weighted by atomic mass is 35.5. The van der Waals surface area contributed by atoms with Crippen LogP contribution in [0.5, 0.6) is 0 Å². The Morgan fingerprint density at radius 1 is 1.27 bits per heavy atom. The molecule has 110 valence electrons. The predicted octanol–water partition coefficient (Wildman–Crippen LogP) is 2.89. The average Bonchev–Trinajstić information content (AvgIpc) is 3.19. The fraction of sp³-hybridized carbons (Fsp3) is 0.0769. The van der Waals surface area contributed by atoms with Crippen LogP contribution in [0, 0.1) is 5.82 Å². The lowest BCUT2D eigenvalue weighted by atomic mass is 10.2. The first-order valence-electron chi connectivity index (χ1n) is 6.35. The molecular weight excluding hydrogens is 327 g/mol. The Balaban J connectivity index is 1.79. The summed E-state index contributed by atoms with van der Waals surface area (Å²) >= 11 is 7.53. The Labute approximate surface area is 132 Å². The molecule has 0 bridgehead atoms. The average molecular weight is 335 g/mol. The van der Waals surface area contributed by atoms with Crippen LogP contribution in [-0.4, -0.2) is 29.6 Å². The second-order valence-corrected chi connectivity index (χ2v) is 5.99. The minimum Gasteiger partial charge on any atom is -0.266 e. The van der Waals surface area contributed by atoms with Crippen molar-refractivity contribution >= 4 is 27.9 Å². The van der Waals surface area contributed by atoms with E-state index < -0.39 is 0 Å². The van der Waals surface area contributed by atoms with Gasteiger partial charge in [-0.1, -0.05) is 22.9 Å². The molecule has 3 aromatic heterocycles. The minimum absolute atomic E-state index is 0.386. The van der Waals surface area contributed by atoms with Crippen molar-refractivity contribution in [1.29, 1.82) is 0 Å². The van der Waals surface area contributed by atoms with E-state index in [2.05, 4.69) is 20.4 Å². The van der Waals surface area contributed by atoms with Gasteiger partial charge in [-0.25, -0.2) is 4.39 Å². The van der Waals surface area contributed by atoms with Crippen molar-refractivity contribution in [3.63, 3.8) is 0 Å². The second-order valence-electron chi connectivity index (χ2n) is 4.54. The third-order valence-electron chi connectivity index (χ3n) is 3.06. The molecule has 4 aromatic rings. The molecule has 0 aliphatic heterocycles. The first-order valence-corrected chi connectivity index (χ1v) is 7.54. The molecule has 6 nitrogen and oxygen atoms in total. The van der Waals surface area contributed by atoms with Crippen LogP contribution in [0.2, 0.25) is 5.02 Å². The van der Waals surface area contributed by atoms with Crippen LogP contribution < -0.4 is 0 Å². The maximum Gasteiger partial charge on any atom is 0.235 e. The summed E-state index contributed by atoms with van der Waals surface area (Å²) in [4.78, 5) is 0.623. The van der Waals surface area contributed by atoms with E-state index in [-0.39, 0.29) is 5.82 Å². The van der Waals surface area contributed by atoms with Gasteiger partial charge < -0.3 is 0 Å². The molecule has 0 N–H and O–H groups in total. The van der Waals surface area contributed by atoms with Crippen LogP contribution in [0.15, 0.2) is 36.7 Å². The SMILES string of the molecule is Fc1ccc(Cl)c(-c2nnc3sc(Cn4cccn4)nn23)c1. The summed E-state index contributed by atoms with van der Waals surface area (Å²) < 4.78 is 16.8. The van der Waals surface area contributed by atoms with Gasteiger partial charge in [0, 0.05) is 18.0 Å². The number of nitrogens with zero attached hydrogens (tertiary/aromatic N) is 6. The summed E-state index contributed by atoms with van der Waals surface area (Å²) in [7, 11) is 0. The van der Waals surface area contributed by atoms with Gasteiger partial charge in [0.2, 0.25) is 4.96 Å². The van der Waals surface area contributed by atoms with Crippen molar-refractivity contribution in [3.05, 3.63) is 52.5 Å². The molecule has 0 radical (unpaired) electrons. The molecule has 0 aliphatic carbocycles. The van der Waals surface area contributed by atoms with E-state index >= 15 is 0 Å². The predicted molar refractivity (Wildman–Crippen MR) is 80.4 cm³/mol. The summed E-state index contributed by atoms with van der Waals surface area (Å²) in [5.41, 5.74) is 0.463. The standard InChI is InChI=1S/C13H8ClFN6S/c14-10-3-2-8(15)6-9(10)12-17-18-13-21(12)19-11(22-13)7-20-5-1-4-16-20/h1-6H,7H2. The van der Waals surface area contributed by atoms with Crippen molar-refractivity contribution < 1.29 is 4.39 Å². The molecular formula is C13H8ClFN6S. The van der Waals surface area contributed by atoms with E-state index in [0.717, 1.165) is 5.01 Å². The van der Waals surface area contributed by atoms with Crippen LogP contribution in [0.4, 0.5) is 4.39 Å². The summed E-state index contributed by atoms with van der Waals surface area (Å²) in [5, 5.41) is 18.0. The summed E-state index contributed by atoms with van der Waals surface area (Å²) in [6, 6.07) is 5.96. The van der Waals surface area contributed by atoms with Crippen molar-refractivity contribution in [2.24, 2.45) is 0 Å². The van der Waals surface area contributed by atoms with E-state index in [0.29, 0.717) is 27.9 Å². The van der Waals surface area contributed by atoms with Gasteiger partial charge in [-0.05, 0) is 24.3 Å². The van der Waals surface area contributed by atoms with Gasteiger partial charge in [-0.2, -0.15) is 14.7 Å². The van der Waals surface area contributed by atoms with E-state index in [1.807, 2.05) is 12.3 Å². The fourth-order valence-corrected chi connectivity index (χ4v) is 3.12. The highest BCUT2D eigenvalue weighted by Gasteiger charge is 2.16. The molecule has 0 fully saturated rings. The number of hydrogen-bond acceptors (Lipinski definition) is 5. The normalized spacial score (nSPS) is 11.4. The molecule has 0 atom stereocenters. The summed E-state index contributed by atoms with van der Waals surface area (Å²) in [6.45, 7) is 0.539. The monoisotopic (exact) mass is 334 g/mol. The fourth-order valence-electron chi connectivity index (χ4n) is 2.09. The zero-order chi connectivity index (χ0) is 15.1. The third-order valence-corrected chi connectivity index (χ3v) is 4.27. The van der Waals surface area contributed by atoms with E-state index in [9.17, 15) is 4.39 Å². The molecule has 0 spiro atoms. The van der Waals surface area contributed by atoms with Crippen molar-refractivity contribution in [1.82, 2.24) is 29.6 Å². The zero-order valence-corrected chi connectivity index (χ0v) is 12.6. The van der Waals surface area contributed by atoms with Crippen molar-refractivity contribution in [2.45, 2.75) is 6.54 Å². The van der Waals surface area contributed by atoms with Crippen LogP contribution in [0.1, 0.15) is 5.01 Å². The Hall–Kier alpha value is -2.32. The number of benzene rings is 1. The van der Waals surface area contributed by atoms with E-state index in [4.69, 9.17) is 11.6 Å². The van der Waals surface area contributed by atoms with Crippen molar-refractivity contribution in [2.75, 3.05) is 0 Å². The summed E-state index contributed by atoms with van der Waals surface area (Å²) in [6.07, 6.45) is 3.56. The number of hydrogen-bond donors (Lipinski definition) is 0. The topological polar surface area (TPSA) is 60.9 Å². The molecule has 9 heteroatoms. The lowest BCUT2D eigenvalue weighted by molar-refractivity contribution is 0.628. The molecule has 0 unspecified atom stereocenters. The van der Waals surface area contributed by atoms with Gasteiger partial charge >= 0.3 is 0 Å². The minimum atomic E-state index is -0.386. The van der Waals surface area contributed by atoms with Crippen LogP contribution >= 0.6 is 22.9 Å². The van der Waals surface area contributed by atoms with Crippen LogP contribution in [0.3, 0.4) is 0 Å². The molecule has 0 saturated heterocycles. The van der Waals surface area contributed by atoms with Crippen LogP contribution in [-0.2, 0) is 6.54 Å². The molecule has 22 heavy (non-hydrogen) atoms. The quantitative estimate of drug-likeness (QED) is 0.578. The van der Waals surface area contributed by atoms with E-state index in [1.165, 1.54) is 29.5 Å². The number of fused-ring (bicyclic) bond motifs is 1. The Morgan fingerprint density at radius 2 is 2.18 bits per heavy atom. The van der Waals surface area contributed by atoms with Crippen LogP contribution in [0.25, 0.3) is 16.3 Å². The number of aromatic nitrogens is 6. The van der Waals surface area contributed by atoms with Gasteiger partial charge in [0.1, 0.15) is 10.8 Å². The molecule has 0 saturated carbocycles. The molecule has 0 amide bonds. The summed E-state index contributed by atoms with van der Waals surface area (Å²) in [5.74, 6) is 0.0330. The molecule has 1 aromatic carbocycles. The lowest BCUT2D eigenvalue weighted by Gasteiger charge is -2.00. The Kier molecular flexibility index (Phi) is 3.12. The second kappa shape index (κ2) is 5.15. The van der Waals surface area contributed by atoms with Gasteiger partial charge in [-0.3, -0.25) is 4.68 Å². The van der Waals surface area contributed by atoms with E-state index in [1.54, 1.807) is 15.4 Å². The largest absolute Gasteiger partial charge is 0.266 e. The smallest absolute Gasteiger partial charge is 0.235 e. The molecule has 0 aliphatic rings. The van der Waals surface area contributed by atoms with Gasteiger partial charge in [0.15, 0.2) is 5.82 Å². The Morgan fingerprint density at radius 3 is 3.00 bits per heavy atom. The number of rotatable bonds is 3. The van der Waals surface area contributed by atoms with Gasteiger partial charge in [-0.15, -0.1) is 10.2 Å². The highest BCUT2D eigenvalue weighted by Crippen LogP contribution is 2.28. The van der Waals surface area contributed by atoms with Crippen molar-refractivity contribution in [3.8, 4) is 11.4 Å². The first kappa shape index (κ1) is 13.4. The maximum absolute atomic E-state index is 13.5. The maximum atomic E-state index is 13.5. The van der Waals surface area contributed by atoms with Gasteiger partial charge in [0.05, 0.1) is 11.6 Å². The van der Waals surface area contributed by atoms with Gasteiger partial charge in [0.25, 0.3) is 0 Å². The third kappa shape index (κ3) is 2.26. The number of halogens is 2. The molecule has 4 rings (SSSR count). The highest BCUT2D eigenvalue weighted by molar-refractivity contribution is 7.16.